The molecular weight excluding hydrogens is 388 g/mol. The monoisotopic (exact) mass is 407 g/mol. The van der Waals surface area contributed by atoms with Crippen molar-refractivity contribution in [3.63, 3.8) is 0 Å². The number of methoxy groups -OCH3 is 1. The van der Waals surface area contributed by atoms with Crippen molar-refractivity contribution in [3.05, 3.63) is 64.5 Å². The largest absolute Gasteiger partial charge is 0.380 e. The smallest absolute Gasteiger partial charge is 0.261 e. The summed E-state index contributed by atoms with van der Waals surface area (Å²) in [4.78, 5) is 14.0. The van der Waals surface area contributed by atoms with Crippen LogP contribution < -0.4 is 5.32 Å². The molecule has 0 aliphatic heterocycles. The Morgan fingerprint density at radius 3 is 2.70 bits per heavy atom. The number of halogens is 2. The first-order chi connectivity index (χ1) is 13.1. The van der Waals surface area contributed by atoms with E-state index < -0.39 is 0 Å². The van der Waals surface area contributed by atoms with Gasteiger partial charge < -0.3 is 10.1 Å². The molecule has 0 atom stereocenters. The summed E-state index contributed by atoms with van der Waals surface area (Å²) in [7, 11) is 1.53. The minimum absolute atomic E-state index is 0.185. The lowest BCUT2D eigenvalue weighted by Crippen LogP contribution is -2.25. The molecule has 0 bridgehead atoms. The molecule has 0 fully saturated rings. The fraction of sp³-hybridized carbons (Fsp3) is 0.250. The number of thioether (sulfide) groups is 1. The summed E-state index contributed by atoms with van der Waals surface area (Å²) in [6.45, 7) is 0.695. The quantitative estimate of drug-likeness (QED) is 0.410. The highest BCUT2D eigenvalue weighted by Crippen LogP contribution is 2.33. The van der Waals surface area contributed by atoms with Gasteiger partial charge in [0.15, 0.2) is 0 Å². The molecule has 2 aromatic carbocycles. The summed E-state index contributed by atoms with van der Waals surface area (Å²) in [6, 6.07) is 11.2. The highest BCUT2D eigenvalue weighted by Gasteiger charge is 2.20. The predicted octanol–water partition coefficient (Wildman–Crippen LogP) is 5.24. The molecule has 1 N–H and O–H groups in total. The molecule has 0 spiro atoms. The van der Waals surface area contributed by atoms with E-state index in [-0.39, 0.29) is 24.1 Å². The number of hydrogen-bond donors (Lipinski definition) is 1. The number of fused-ring (bicyclic) bond motifs is 1. The van der Waals surface area contributed by atoms with E-state index in [4.69, 9.17) is 4.74 Å². The van der Waals surface area contributed by atoms with Crippen molar-refractivity contribution in [2.24, 2.45) is 0 Å². The molecule has 0 aliphatic rings. The molecule has 0 saturated carbocycles. The maximum absolute atomic E-state index is 14.2. The van der Waals surface area contributed by atoms with Crippen molar-refractivity contribution >= 4 is 39.1 Å². The van der Waals surface area contributed by atoms with Crippen molar-refractivity contribution in [3.8, 4) is 0 Å². The minimum atomic E-state index is -0.342. The Morgan fingerprint density at radius 2 is 1.96 bits per heavy atom. The maximum Gasteiger partial charge on any atom is 0.261 e. The van der Waals surface area contributed by atoms with Gasteiger partial charge in [0.05, 0.1) is 11.5 Å². The second kappa shape index (κ2) is 9.30. The van der Waals surface area contributed by atoms with E-state index in [9.17, 15) is 13.6 Å². The van der Waals surface area contributed by atoms with E-state index >= 15 is 0 Å². The summed E-state index contributed by atoms with van der Waals surface area (Å²) >= 11 is 2.88. The molecule has 3 aromatic rings. The van der Waals surface area contributed by atoms with Crippen molar-refractivity contribution < 1.29 is 18.3 Å². The third kappa shape index (κ3) is 4.86. The molecular formula is C20H19F2NO2S2. The van der Waals surface area contributed by atoms with Crippen molar-refractivity contribution in [2.45, 2.75) is 17.9 Å². The van der Waals surface area contributed by atoms with Gasteiger partial charge in [0, 0.05) is 34.2 Å². The normalized spacial score (nSPS) is 11.1. The number of amides is 1. The van der Waals surface area contributed by atoms with Crippen molar-refractivity contribution in [2.75, 3.05) is 19.4 Å². The van der Waals surface area contributed by atoms with Crippen LogP contribution in [0.15, 0.2) is 47.4 Å². The predicted molar refractivity (Wildman–Crippen MR) is 107 cm³/mol. The van der Waals surface area contributed by atoms with E-state index in [0.717, 1.165) is 21.8 Å². The van der Waals surface area contributed by atoms with E-state index in [1.165, 1.54) is 36.6 Å². The summed E-state index contributed by atoms with van der Waals surface area (Å²) in [5.74, 6) is -0.00374. The van der Waals surface area contributed by atoms with E-state index in [0.29, 0.717) is 22.4 Å². The average molecular weight is 408 g/mol. The molecule has 142 valence electrons. The third-order valence-corrected chi connectivity index (χ3v) is 6.24. The zero-order valence-corrected chi connectivity index (χ0v) is 16.4. The first-order valence-corrected chi connectivity index (χ1v) is 10.3. The summed E-state index contributed by atoms with van der Waals surface area (Å²) in [5, 5.41) is 3.35. The van der Waals surface area contributed by atoms with Gasteiger partial charge in [-0.15, -0.1) is 23.1 Å². The Bertz CT molecular complexity index is 926. The molecule has 0 saturated heterocycles. The molecule has 27 heavy (non-hydrogen) atoms. The number of benzene rings is 2. The zero-order chi connectivity index (χ0) is 19.2. The Balaban J connectivity index is 1.58. The standard InChI is InChI=1S/C20H19F2NO2S2/c1-25-12-15-18-16(22)4-2-5-17(18)27-19(15)20(24)23-10-3-11-26-14-8-6-13(21)7-9-14/h2,4-9H,3,10-12H2,1H3,(H,23,24). The van der Waals surface area contributed by atoms with Gasteiger partial charge in [0.1, 0.15) is 11.6 Å². The van der Waals surface area contributed by atoms with Gasteiger partial charge in [-0.25, -0.2) is 8.78 Å². The highest BCUT2D eigenvalue weighted by atomic mass is 32.2. The van der Waals surface area contributed by atoms with Gasteiger partial charge in [-0.2, -0.15) is 0 Å². The number of nitrogens with one attached hydrogen (secondary N) is 1. The van der Waals surface area contributed by atoms with Crippen LogP contribution in [0.5, 0.6) is 0 Å². The first-order valence-electron chi connectivity index (χ1n) is 8.45. The van der Waals surface area contributed by atoms with Gasteiger partial charge in [0.2, 0.25) is 0 Å². The Labute approximate surface area is 164 Å². The maximum atomic E-state index is 14.2. The van der Waals surface area contributed by atoms with Gasteiger partial charge in [-0.05, 0) is 48.6 Å². The number of carbonyl (C=O) groups excluding carboxylic acids is 1. The van der Waals surface area contributed by atoms with E-state index in [2.05, 4.69) is 5.32 Å². The van der Waals surface area contributed by atoms with E-state index in [1.54, 1.807) is 36.0 Å². The van der Waals surface area contributed by atoms with Gasteiger partial charge in [-0.1, -0.05) is 6.07 Å². The van der Waals surface area contributed by atoms with Crippen LogP contribution in [0.2, 0.25) is 0 Å². The van der Waals surface area contributed by atoms with Gasteiger partial charge in [-0.3, -0.25) is 4.79 Å². The number of rotatable bonds is 8. The fourth-order valence-corrected chi connectivity index (χ4v) is 4.70. The third-order valence-electron chi connectivity index (χ3n) is 3.95. The van der Waals surface area contributed by atoms with Crippen LogP contribution in [0.1, 0.15) is 21.7 Å². The van der Waals surface area contributed by atoms with Crippen molar-refractivity contribution in [1.29, 1.82) is 0 Å². The minimum Gasteiger partial charge on any atom is -0.380 e. The van der Waals surface area contributed by atoms with Crippen LogP contribution >= 0.6 is 23.1 Å². The Hall–Kier alpha value is -1.96. The number of carbonyl (C=O) groups is 1. The summed E-state index contributed by atoms with van der Waals surface area (Å²) < 4.78 is 33.0. The molecule has 3 rings (SSSR count). The molecule has 1 heterocycles. The molecule has 1 amide bonds. The highest BCUT2D eigenvalue weighted by molar-refractivity contribution is 7.99. The molecule has 1 aromatic heterocycles. The van der Waals surface area contributed by atoms with Gasteiger partial charge in [0.25, 0.3) is 5.91 Å². The molecule has 7 heteroatoms. The second-order valence-electron chi connectivity index (χ2n) is 5.87. The zero-order valence-electron chi connectivity index (χ0n) is 14.8. The van der Waals surface area contributed by atoms with Gasteiger partial charge >= 0.3 is 0 Å². The Kier molecular flexibility index (Phi) is 6.82. The lowest BCUT2D eigenvalue weighted by atomic mass is 10.1. The average Bonchev–Trinajstić information content (AvgIpc) is 3.03. The van der Waals surface area contributed by atoms with Crippen LogP contribution in [0, 0.1) is 11.6 Å². The molecule has 0 aliphatic carbocycles. The van der Waals surface area contributed by atoms with Crippen LogP contribution in [0.4, 0.5) is 8.78 Å². The lowest BCUT2D eigenvalue weighted by molar-refractivity contribution is 0.0953. The first kappa shape index (κ1) is 19.8. The van der Waals surface area contributed by atoms with Crippen LogP contribution in [0.3, 0.4) is 0 Å². The Morgan fingerprint density at radius 1 is 1.19 bits per heavy atom. The number of ether oxygens (including phenoxy) is 1. The molecule has 0 radical (unpaired) electrons. The van der Waals surface area contributed by atoms with Crippen LogP contribution in [-0.2, 0) is 11.3 Å². The van der Waals surface area contributed by atoms with E-state index in [1.807, 2.05) is 0 Å². The fourth-order valence-electron chi connectivity index (χ4n) is 2.71. The van der Waals surface area contributed by atoms with Crippen molar-refractivity contribution in [1.82, 2.24) is 5.32 Å². The number of hydrogen-bond acceptors (Lipinski definition) is 4. The topological polar surface area (TPSA) is 38.3 Å². The van der Waals surface area contributed by atoms with Crippen LogP contribution in [0.25, 0.3) is 10.1 Å². The molecule has 3 nitrogen and oxygen atoms in total. The summed E-state index contributed by atoms with van der Waals surface area (Å²) in [6.07, 6.45) is 0.770. The van der Waals surface area contributed by atoms with Crippen LogP contribution in [-0.4, -0.2) is 25.3 Å². The lowest BCUT2D eigenvalue weighted by Gasteiger charge is -2.06. The summed E-state index contributed by atoms with van der Waals surface area (Å²) in [5.41, 5.74) is 0.591. The molecule has 0 unspecified atom stereocenters. The SMILES string of the molecule is COCc1c(C(=O)NCCCSc2ccc(F)cc2)sc2cccc(F)c12. The second-order valence-corrected chi connectivity index (χ2v) is 8.09. The number of thiophene rings is 1.